The van der Waals surface area contributed by atoms with E-state index >= 15 is 0 Å². The van der Waals surface area contributed by atoms with Crippen LogP contribution in [0, 0.1) is 23.1 Å². The molecule has 0 aliphatic carbocycles. The number of rotatable bonds is 8. The van der Waals surface area contributed by atoms with Crippen molar-refractivity contribution in [1.82, 2.24) is 4.57 Å². The van der Waals surface area contributed by atoms with Crippen molar-refractivity contribution in [3.05, 3.63) is 131 Å². The first-order valence-corrected chi connectivity index (χ1v) is 15.8. The number of carbonyl (C=O) groups is 1. The highest BCUT2D eigenvalue weighted by Crippen LogP contribution is 2.32. The van der Waals surface area contributed by atoms with Crippen molar-refractivity contribution in [2.75, 3.05) is 6.61 Å². The summed E-state index contributed by atoms with van der Waals surface area (Å²) >= 11 is 5.52. The van der Waals surface area contributed by atoms with Gasteiger partial charge in [0.25, 0.3) is 11.2 Å². The van der Waals surface area contributed by atoms with Gasteiger partial charge in [0.15, 0.2) is 4.80 Å². The van der Waals surface area contributed by atoms with Crippen molar-refractivity contribution in [2.24, 2.45) is 4.99 Å². The summed E-state index contributed by atoms with van der Waals surface area (Å²) in [6, 6.07) is 14.7. The predicted molar refractivity (Wildman–Crippen MR) is 176 cm³/mol. The van der Waals surface area contributed by atoms with Crippen LogP contribution in [0.25, 0.3) is 6.08 Å². The fourth-order valence-corrected chi connectivity index (χ4v) is 7.69. The maximum Gasteiger partial charge on any atom is 0.338 e. The summed E-state index contributed by atoms with van der Waals surface area (Å²) in [5, 5.41) is 11.0. The molecule has 0 saturated heterocycles. The van der Waals surface area contributed by atoms with Crippen LogP contribution >= 0.6 is 56.5 Å². The fraction of sp³-hybridized carbons (Fsp3) is 0.167. The number of thiazole rings is 1. The molecule has 0 radical (unpaired) electrons. The number of benzene rings is 3. The molecule has 3 aromatic carbocycles. The molecule has 220 valence electrons. The monoisotopic (exact) mass is 825 g/mol. The Balaban J connectivity index is 1.60. The van der Waals surface area contributed by atoms with Gasteiger partial charge in [0.2, 0.25) is 0 Å². The van der Waals surface area contributed by atoms with Crippen LogP contribution in [0.5, 0.6) is 5.75 Å². The third-order valence-corrected chi connectivity index (χ3v) is 8.96. The van der Waals surface area contributed by atoms with Crippen LogP contribution in [-0.4, -0.2) is 22.1 Å². The molecule has 0 saturated carbocycles. The molecule has 1 atom stereocenters. The van der Waals surface area contributed by atoms with E-state index in [0.29, 0.717) is 31.9 Å². The molecular formula is C30H22FI2N3O6S. The van der Waals surface area contributed by atoms with E-state index < -0.39 is 22.8 Å². The van der Waals surface area contributed by atoms with E-state index in [2.05, 4.69) is 50.2 Å². The molecule has 9 nitrogen and oxygen atoms in total. The van der Waals surface area contributed by atoms with Gasteiger partial charge >= 0.3 is 5.97 Å². The number of fused-ring (bicyclic) bond motifs is 1. The van der Waals surface area contributed by atoms with Crippen molar-refractivity contribution < 1.29 is 23.6 Å². The van der Waals surface area contributed by atoms with Crippen LogP contribution in [0.1, 0.15) is 36.6 Å². The van der Waals surface area contributed by atoms with Crippen LogP contribution in [0.4, 0.5) is 10.1 Å². The summed E-state index contributed by atoms with van der Waals surface area (Å²) in [5.41, 5.74) is 2.18. The SMILES string of the molecule is CCOC(=O)C1=C(C)N=c2s/c(=C\c3cc(I)cc(I)c3OCc3ccc([N+](=O)[O-])cc3)c(=O)n2[C@@H]1c1ccc(F)cc1. The summed E-state index contributed by atoms with van der Waals surface area (Å²) in [6.45, 7) is 3.68. The molecule has 2 heterocycles. The first-order chi connectivity index (χ1) is 20.6. The quantitative estimate of drug-likeness (QED) is 0.0986. The molecular weight excluding hydrogens is 803 g/mol. The molecule has 43 heavy (non-hydrogen) atoms. The van der Waals surface area contributed by atoms with Crippen LogP contribution in [-0.2, 0) is 16.1 Å². The maximum atomic E-state index is 14.0. The van der Waals surface area contributed by atoms with Gasteiger partial charge in [-0.15, -0.1) is 0 Å². The summed E-state index contributed by atoms with van der Waals surface area (Å²) in [7, 11) is 0. The molecule has 0 N–H and O–H groups in total. The Kier molecular flexibility index (Phi) is 9.41. The molecule has 1 aromatic heterocycles. The predicted octanol–water partition coefficient (Wildman–Crippen LogP) is 5.63. The second kappa shape index (κ2) is 13.1. The molecule has 4 aromatic rings. The number of carbonyl (C=O) groups excluding carboxylic acids is 1. The Morgan fingerprint density at radius 1 is 1.16 bits per heavy atom. The van der Waals surface area contributed by atoms with Gasteiger partial charge < -0.3 is 9.47 Å². The Hall–Kier alpha value is -3.44. The van der Waals surface area contributed by atoms with Crippen LogP contribution in [0.2, 0.25) is 0 Å². The van der Waals surface area contributed by atoms with Crippen LogP contribution in [0.3, 0.4) is 0 Å². The van der Waals surface area contributed by atoms with E-state index in [1.165, 1.54) is 40.2 Å². The van der Waals surface area contributed by atoms with E-state index in [1.54, 1.807) is 44.2 Å². The summed E-state index contributed by atoms with van der Waals surface area (Å²) in [5.74, 6) is -0.491. The highest BCUT2D eigenvalue weighted by Gasteiger charge is 2.33. The minimum atomic E-state index is -0.855. The van der Waals surface area contributed by atoms with Gasteiger partial charge in [-0.25, -0.2) is 14.2 Å². The summed E-state index contributed by atoms with van der Waals surface area (Å²) in [4.78, 5) is 42.5. The lowest BCUT2D eigenvalue weighted by Gasteiger charge is -2.24. The highest BCUT2D eigenvalue weighted by molar-refractivity contribution is 14.1. The minimum absolute atomic E-state index is 0.0102. The van der Waals surface area contributed by atoms with Gasteiger partial charge in [-0.1, -0.05) is 23.5 Å². The van der Waals surface area contributed by atoms with Gasteiger partial charge in [0.05, 0.1) is 36.9 Å². The largest absolute Gasteiger partial charge is 0.487 e. The Morgan fingerprint density at radius 2 is 1.86 bits per heavy atom. The molecule has 5 rings (SSSR count). The van der Waals surface area contributed by atoms with Crippen molar-refractivity contribution in [2.45, 2.75) is 26.5 Å². The van der Waals surface area contributed by atoms with Crippen LogP contribution in [0.15, 0.2) is 81.7 Å². The molecule has 13 heteroatoms. The standard InChI is InChI=1S/C30H22FI2N3O6S/c1-3-41-29(38)25-16(2)34-30-35(26(25)18-6-8-20(31)9-7-18)28(37)24(43-30)13-19-12-21(32)14-23(33)27(19)42-15-17-4-10-22(11-5-17)36(39)40/h4-14,26H,3,15H2,1-2H3/b24-13-/t26-/m1/s1. The Morgan fingerprint density at radius 3 is 2.51 bits per heavy atom. The van der Waals surface area contributed by atoms with Gasteiger partial charge in [-0.05, 0) is 113 Å². The van der Waals surface area contributed by atoms with E-state index in [9.17, 15) is 24.1 Å². The number of allylic oxidation sites excluding steroid dienone is 1. The molecule has 0 amide bonds. The second-order valence-corrected chi connectivity index (χ2v) is 12.8. The average Bonchev–Trinajstić information content (AvgIpc) is 3.26. The maximum absolute atomic E-state index is 14.0. The third-order valence-electron chi connectivity index (χ3n) is 6.56. The van der Waals surface area contributed by atoms with E-state index in [-0.39, 0.29) is 30.0 Å². The van der Waals surface area contributed by atoms with Crippen LogP contribution < -0.4 is 19.6 Å². The minimum Gasteiger partial charge on any atom is -0.487 e. The number of non-ortho nitro benzene ring substituents is 1. The molecule has 0 fully saturated rings. The zero-order chi connectivity index (χ0) is 30.8. The van der Waals surface area contributed by atoms with Crippen molar-refractivity contribution >= 4 is 74.3 Å². The molecule has 0 spiro atoms. The number of hydrogen-bond donors (Lipinski definition) is 0. The zero-order valence-electron chi connectivity index (χ0n) is 22.7. The summed E-state index contributed by atoms with van der Waals surface area (Å²) in [6.07, 6.45) is 1.73. The Bertz CT molecular complexity index is 1950. The fourth-order valence-electron chi connectivity index (χ4n) is 4.60. The van der Waals surface area contributed by atoms with E-state index in [1.807, 2.05) is 12.1 Å². The lowest BCUT2D eigenvalue weighted by molar-refractivity contribution is -0.384. The zero-order valence-corrected chi connectivity index (χ0v) is 27.8. The van der Waals surface area contributed by atoms with E-state index in [4.69, 9.17) is 9.47 Å². The number of halogens is 3. The third kappa shape index (κ3) is 6.57. The normalized spacial score (nSPS) is 14.7. The average molecular weight is 825 g/mol. The Labute approximate surface area is 275 Å². The number of hydrogen-bond acceptors (Lipinski definition) is 8. The number of ether oxygens (including phenoxy) is 2. The summed E-state index contributed by atoms with van der Waals surface area (Å²) < 4.78 is 28.8. The molecule has 0 unspecified atom stereocenters. The van der Waals surface area contributed by atoms with Crippen molar-refractivity contribution in [1.29, 1.82) is 0 Å². The number of aromatic nitrogens is 1. The van der Waals surface area contributed by atoms with Gasteiger partial charge in [-0.2, -0.15) is 0 Å². The highest BCUT2D eigenvalue weighted by atomic mass is 127. The lowest BCUT2D eigenvalue weighted by Crippen LogP contribution is -2.39. The van der Waals surface area contributed by atoms with Gasteiger partial charge in [0.1, 0.15) is 18.2 Å². The topological polar surface area (TPSA) is 113 Å². The molecule has 1 aliphatic heterocycles. The van der Waals surface area contributed by atoms with Crippen molar-refractivity contribution in [3.63, 3.8) is 0 Å². The smallest absolute Gasteiger partial charge is 0.338 e. The number of nitro groups is 1. The van der Waals surface area contributed by atoms with E-state index in [0.717, 1.165) is 12.7 Å². The van der Waals surface area contributed by atoms with Gasteiger partial charge in [-0.3, -0.25) is 19.5 Å². The second-order valence-electron chi connectivity index (χ2n) is 9.37. The van der Waals surface area contributed by atoms with Gasteiger partial charge in [0, 0.05) is 21.3 Å². The number of nitrogens with zero attached hydrogens (tertiary/aromatic N) is 3. The molecule has 1 aliphatic rings. The van der Waals surface area contributed by atoms with Crippen molar-refractivity contribution in [3.8, 4) is 5.75 Å². The number of nitro benzene ring substituents is 1. The first-order valence-electron chi connectivity index (χ1n) is 12.9. The molecule has 0 bridgehead atoms. The first kappa shape index (κ1) is 31.0. The lowest BCUT2D eigenvalue weighted by atomic mass is 9.96. The number of esters is 1.